The Morgan fingerprint density at radius 2 is 1.64 bits per heavy atom. The first-order valence-electron chi connectivity index (χ1n) is 11.6. The number of hydrogen-bond donors (Lipinski definition) is 0. The van der Waals surface area contributed by atoms with E-state index >= 15 is 0 Å². The molecule has 3 fully saturated rings. The average Bonchev–Trinajstić information content (AvgIpc) is 3.13. The molecule has 0 amide bonds. The Hall–Kier alpha value is -2.96. The molecule has 6 rings (SSSR count). The Morgan fingerprint density at radius 1 is 0.944 bits per heavy atom. The van der Waals surface area contributed by atoms with Crippen molar-refractivity contribution in [1.82, 2.24) is 25.1 Å². The standard InChI is InChI=1S/C23H22F6N6O/c1-34-8-4-13(5-9-34)18-32-33-19(36-18)20-10-21(20,23(27,28)29)12-35(11-20)15-3-2-14(22(24,25)26)16-17(15)31-7-6-30-16/h2-3,6-7,13H,4-5,8-12H2,1H3/t20-,21-/m0/s1. The van der Waals surface area contributed by atoms with Gasteiger partial charge in [-0.1, -0.05) is 0 Å². The highest BCUT2D eigenvalue weighted by Gasteiger charge is 2.86. The fourth-order valence-electron chi connectivity index (χ4n) is 5.95. The quantitative estimate of drug-likeness (QED) is 0.477. The maximum atomic E-state index is 14.4. The van der Waals surface area contributed by atoms with E-state index in [1.165, 1.54) is 17.2 Å². The normalized spacial score (nSPS) is 27.6. The Kier molecular flexibility index (Phi) is 4.90. The second-order valence-corrected chi connectivity index (χ2v) is 10.1. The van der Waals surface area contributed by atoms with Crippen LogP contribution in [-0.2, 0) is 11.6 Å². The zero-order valence-electron chi connectivity index (χ0n) is 19.2. The fraction of sp³-hybridized carbons (Fsp3) is 0.565. The molecule has 0 unspecified atom stereocenters. The lowest BCUT2D eigenvalue weighted by Crippen LogP contribution is -2.34. The molecule has 2 aromatic heterocycles. The summed E-state index contributed by atoms with van der Waals surface area (Å²) in [6.07, 6.45) is -5.55. The van der Waals surface area contributed by atoms with Crippen molar-refractivity contribution in [1.29, 1.82) is 0 Å². The second kappa shape index (κ2) is 7.53. The first kappa shape index (κ1) is 23.4. The Labute approximate surface area is 201 Å². The van der Waals surface area contributed by atoms with E-state index in [1.54, 1.807) is 0 Å². The largest absolute Gasteiger partial charge is 0.424 e. The number of likely N-dealkylation sites (tertiary alicyclic amines) is 1. The SMILES string of the molecule is CN1CCC(c2nnc([C@]34CN(c5ccc(C(F)(F)F)c6nccnc56)C[C@@]3(C(F)(F)F)C4)o2)CC1. The Balaban J connectivity index is 1.38. The molecule has 2 saturated heterocycles. The van der Waals surface area contributed by atoms with Gasteiger partial charge in [0.1, 0.15) is 16.4 Å². The number of anilines is 1. The molecule has 1 aromatic carbocycles. The number of fused-ring (bicyclic) bond motifs is 2. The van der Waals surface area contributed by atoms with Crippen molar-refractivity contribution in [2.45, 2.75) is 42.9 Å². The van der Waals surface area contributed by atoms with Crippen LogP contribution >= 0.6 is 0 Å². The van der Waals surface area contributed by atoms with Gasteiger partial charge in [0.15, 0.2) is 0 Å². The minimum Gasteiger partial charge on any atom is -0.424 e. The maximum absolute atomic E-state index is 14.4. The van der Waals surface area contributed by atoms with Gasteiger partial charge in [-0.2, -0.15) is 26.3 Å². The molecule has 0 spiro atoms. The Bertz CT molecular complexity index is 1320. The van der Waals surface area contributed by atoms with Crippen LogP contribution in [0.4, 0.5) is 32.0 Å². The number of hydrogen-bond acceptors (Lipinski definition) is 7. The minimum absolute atomic E-state index is 0.00970. The van der Waals surface area contributed by atoms with Crippen LogP contribution in [0.25, 0.3) is 11.0 Å². The molecule has 2 aliphatic heterocycles. The zero-order valence-corrected chi connectivity index (χ0v) is 19.2. The molecule has 36 heavy (non-hydrogen) atoms. The van der Waals surface area contributed by atoms with Crippen LogP contribution in [0, 0.1) is 5.41 Å². The summed E-state index contributed by atoms with van der Waals surface area (Å²) in [6.45, 7) is 1.09. The molecule has 1 aliphatic carbocycles. The van der Waals surface area contributed by atoms with E-state index in [1.807, 2.05) is 7.05 Å². The van der Waals surface area contributed by atoms with Crippen molar-refractivity contribution in [2.24, 2.45) is 5.41 Å². The van der Waals surface area contributed by atoms with Gasteiger partial charge in [0.2, 0.25) is 11.8 Å². The minimum atomic E-state index is -4.68. The van der Waals surface area contributed by atoms with Crippen molar-refractivity contribution >= 4 is 16.7 Å². The summed E-state index contributed by atoms with van der Waals surface area (Å²) >= 11 is 0. The molecule has 192 valence electrons. The van der Waals surface area contributed by atoms with Gasteiger partial charge >= 0.3 is 12.4 Å². The van der Waals surface area contributed by atoms with E-state index in [0.717, 1.165) is 38.2 Å². The number of rotatable bonds is 3. The van der Waals surface area contributed by atoms with Crippen LogP contribution in [0.15, 0.2) is 28.9 Å². The number of benzene rings is 1. The fourth-order valence-corrected chi connectivity index (χ4v) is 5.95. The van der Waals surface area contributed by atoms with Crippen molar-refractivity contribution < 1.29 is 30.8 Å². The van der Waals surface area contributed by atoms with Crippen LogP contribution in [0.2, 0.25) is 0 Å². The third-order valence-corrected chi connectivity index (χ3v) is 8.03. The highest BCUT2D eigenvalue weighted by molar-refractivity contribution is 5.91. The molecular weight excluding hydrogens is 490 g/mol. The molecule has 4 heterocycles. The number of halogens is 6. The van der Waals surface area contributed by atoms with Crippen LogP contribution in [-0.4, -0.2) is 64.5 Å². The molecule has 3 aliphatic rings. The van der Waals surface area contributed by atoms with Gasteiger partial charge in [0, 0.05) is 31.4 Å². The lowest BCUT2D eigenvalue weighted by Gasteiger charge is -2.26. The summed E-state index contributed by atoms with van der Waals surface area (Å²) in [7, 11) is 2.00. The van der Waals surface area contributed by atoms with Crippen LogP contribution in [0.1, 0.15) is 42.5 Å². The van der Waals surface area contributed by atoms with Gasteiger partial charge in [-0.15, -0.1) is 10.2 Å². The van der Waals surface area contributed by atoms with Gasteiger partial charge in [-0.05, 0) is 51.5 Å². The van der Waals surface area contributed by atoms with E-state index < -0.39 is 40.8 Å². The van der Waals surface area contributed by atoms with Gasteiger partial charge in [-0.3, -0.25) is 9.97 Å². The van der Waals surface area contributed by atoms with Crippen molar-refractivity contribution in [3.05, 3.63) is 41.9 Å². The second-order valence-electron chi connectivity index (χ2n) is 10.1. The Morgan fingerprint density at radius 3 is 2.31 bits per heavy atom. The number of aromatic nitrogens is 4. The van der Waals surface area contributed by atoms with Crippen molar-refractivity contribution in [3.8, 4) is 0 Å². The van der Waals surface area contributed by atoms with E-state index in [2.05, 4.69) is 25.1 Å². The zero-order chi connectivity index (χ0) is 25.5. The van der Waals surface area contributed by atoms with Crippen LogP contribution in [0.5, 0.6) is 0 Å². The number of alkyl halides is 6. The molecule has 2 atom stereocenters. The predicted octanol–water partition coefficient (Wildman–Crippen LogP) is 4.55. The summed E-state index contributed by atoms with van der Waals surface area (Å²) in [4.78, 5) is 11.5. The third kappa shape index (κ3) is 3.31. The molecule has 1 saturated carbocycles. The van der Waals surface area contributed by atoms with Gasteiger partial charge < -0.3 is 14.2 Å². The third-order valence-electron chi connectivity index (χ3n) is 8.03. The van der Waals surface area contributed by atoms with Crippen molar-refractivity contribution in [2.75, 3.05) is 38.1 Å². The molecule has 3 aromatic rings. The summed E-state index contributed by atoms with van der Waals surface area (Å²) < 4.78 is 89.8. The molecule has 0 bridgehead atoms. The highest BCUT2D eigenvalue weighted by atomic mass is 19.4. The summed E-state index contributed by atoms with van der Waals surface area (Å²) in [5, 5.41) is 8.18. The van der Waals surface area contributed by atoms with E-state index in [0.29, 0.717) is 5.89 Å². The topological polar surface area (TPSA) is 71.2 Å². The van der Waals surface area contributed by atoms with Crippen molar-refractivity contribution in [3.63, 3.8) is 0 Å². The summed E-state index contributed by atoms with van der Waals surface area (Å²) in [5.74, 6) is 0.280. The van der Waals surface area contributed by atoms with Crippen LogP contribution < -0.4 is 4.90 Å². The first-order valence-corrected chi connectivity index (χ1v) is 11.6. The monoisotopic (exact) mass is 512 g/mol. The molecule has 13 heteroatoms. The molecule has 7 nitrogen and oxygen atoms in total. The van der Waals surface area contributed by atoms with Gasteiger partial charge in [0.25, 0.3) is 0 Å². The molecule has 0 radical (unpaired) electrons. The van der Waals surface area contributed by atoms with Gasteiger partial charge in [-0.25, -0.2) is 0 Å². The van der Waals surface area contributed by atoms with E-state index in [4.69, 9.17) is 4.42 Å². The molecule has 0 N–H and O–H groups in total. The average molecular weight is 512 g/mol. The van der Waals surface area contributed by atoms with Gasteiger partial charge in [0.05, 0.1) is 16.7 Å². The first-order chi connectivity index (χ1) is 17.0. The van der Waals surface area contributed by atoms with E-state index in [9.17, 15) is 26.3 Å². The lowest BCUT2D eigenvalue weighted by molar-refractivity contribution is -0.187. The molecular formula is C23H22F6N6O. The maximum Gasteiger partial charge on any atom is 0.418 e. The smallest absolute Gasteiger partial charge is 0.418 e. The number of piperidine rings is 2. The summed E-state index contributed by atoms with van der Waals surface area (Å²) in [5.41, 5.74) is -4.92. The lowest BCUT2D eigenvalue weighted by atomic mass is 9.95. The van der Waals surface area contributed by atoms with Crippen LogP contribution in [0.3, 0.4) is 0 Å². The van der Waals surface area contributed by atoms with E-state index in [-0.39, 0.29) is 36.0 Å². The predicted molar refractivity (Wildman–Crippen MR) is 115 cm³/mol. The number of nitrogens with zero attached hydrogens (tertiary/aromatic N) is 6. The summed E-state index contributed by atoms with van der Waals surface area (Å²) in [6, 6.07) is 2.01. The highest BCUT2D eigenvalue weighted by Crippen LogP contribution is 2.75.